The van der Waals surface area contributed by atoms with Crippen LogP contribution < -0.4 is 5.32 Å². The van der Waals surface area contributed by atoms with Gasteiger partial charge in [-0.2, -0.15) is 0 Å². The molecule has 22 heavy (non-hydrogen) atoms. The minimum Gasteiger partial charge on any atom is -0.456 e. The molecule has 0 saturated heterocycles. The Bertz CT molecular complexity index is 657. The molecule has 2 aromatic rings. The van der Waals surface area contributed by atoms with Crippen molar-refractivity contribution in [3.63, 3.8) is 0 Å². The van der Waals surface area contributed by atoms with Crippen LogP contribution in [0.2, 0.25) is 5.15 Å². The molecule has 0 bridgehead atoms. The van der Waals surface area contributed by atoms with E-state index in [1.807, 2.05) is 6.92 Å². The Kier molecular flexibility index (Phi) is 5.87. The maximum atomic E-state index is 11.6. The zero-order valence-corrected chi connectivity index (χ0v) is 13.1. The van der Waals surface area contributed by atoms with E-state index in [1.165, 1.54) is 6.07 Å². The standard InChI is InChI=1S/C12H12ClN3O5S/c1-2-19-3-4-20-11(18)10(17)15-12-14-7(6-22-12)8-5-9(13)16-21-8/h5-6H,2-4H2,1H3,(H,14,15,17). The number of halogens is 1. The molecule has 0 atom stereocenters. The molecule has 118 valence electrons. The number of nitrogens with zero attached hydrogens (tertiary/aromatic N) is 2. The lowest BCUT2D eigenvalue weighted by Crippen LogP contribution is -2.26. The topological polar surface area (TPSA) is 104 Å². The second-order valence-corrected chi connectivity index (χ2v) is 5.08. The summed E-state index contributed by atoms with van der Waals surface area (Å²) in [4.78, 5) is 27.1. The highest BCUT2D eigenvalue weighted by atomic mass is 35.5. The van der Waals surface area contributed by atoms with E-state index >= 15 is 0 Å². The van der Waals surface area contributed by atoms with Gasteiger partial charge in [0, 0.05) is 18.1 Å². The van der Waals surface area contributed by atoms with Crippen LogP contribution >= 0.6 is 22.9 Å². The van der Waals surface area contributed by atoms with Crippen molar-refractivity contribution in [3.05, 3.63) is 16.6 Å². The predicted molar refractivity (Wildman–Crippen MR) is 78.7 cm³/mol. The van der Waals surface area contributed by atoms with E-state index in [9.17, 15) is 9.59 Å². The van der Waals surface area contributed by atoms with Gasteiger partial charge in [0.2, 0.25) is 0 Å². The highest BCUT2D eigenvalue weighted by molar-refractivity contribution is 7.14. The number of ether oxygens (including phenoxy) is 2. The van der Waals surface area contributed by atoms with Crippen LogP contribution in [0.5, 0.6) is 0 Å². The molecule has 1 N–H and O–H groups in total. The van der Waals surface area contributed by atoms with E-state index in [-0.39, 0.29) is 23.5 Å². The van der Waals surface area contributed by atoms with Crippen LogP contribution in [0, 0.1) is 0 Å². The third-order valence-corrected chi connectivity index (χ3v) is 3.24. The fourth-order valence-corrected chi connectivity index (χ4v) is 2.20. The molecule has 0 aliphatic rings. The first kappa shape index (κ1) is 16.4. The van der Waals surface area contributed by atoms with Gasteiger partial charge in [0.15, 0.2) is 16.0 Å². The van der Waals surface area contributed by atoms with Crippen LogP contribution in [-0.4, -0.2) is 41.8 Å². The summed E-state index contributed by atoms with van der Waals surface area (Å²) in [6.45, 7) is 2.58. The number of thiazole rings is 1. The number of esters is 1. The zero-order valence-electron chi connectivity index (χ0n) is 11.5. The third-order valence-electron chi connectivity index (χ3n) is 2.31. The van der Waals surface area contributed by atoms with Crippen molar-refractivity contribution in [1.82, 2.24) is 10.1 Å². The lowest BCUT2D eigenvalue weighted by molar-refractivity contribution is -0.153. The number of hydrogen-bond acceptors (Lipinski definition) is 8. The molecular weight excluding hydrogens is 334 g/mol. The summed E-state index contributed by atoms with van der Waals surface area (Å²) >= 11 is 6.77. The maximum Gasteiger partial charge on any atom is 0.397 e. The lowest BCUT2D eigenvalue weighted by Gasteiger charge is -2.04. The van der Waals surface area contributed by atoms with Crippen LogP contribution in [0.4, 0.5) is 5.13 Å². The van der Waals surface area contributed by atoms with Gasteiger partial charge in [0.1, 0.15) is 12.3 Å². The molecule has 10 heteroatoms. The van der Waals surface area contributed by atoms with Gasteiger partial charge in [-0.3, -0.25) is 10.1 Å². The number of carbonyl (C=O) groups is 2. The van der Waals surface area contributed by atoms with Crippen LogP contribution in [-0.2, 0) is 19.1 Å². The van der Waals surface area contributed by atoms with Gasteiger partial charge in [-0.1, -0.05) is 16.8 Å². The number of amides is 1. The van der Waals surface area contributed by atoms with Crippen LogP contribution in [0.1, 0.15) is 6.92 Å². The molecule has 0 aliphatic carbocycles. The van der Waals surface area contributed by atoms with Crippen molar-refractivity contribution in [1.29, 1.82) is 0 Å². The average molecular weight is 346 g/mol. The normalized spacial score (nSPS) is 10.5. The molecule has 0 saturated carbocycles. The molecule has 0 fully saturated rings. The number of anilines is 1. The summed E-state index contributed by atoms with van der Waals surface area (Å²) in [5.41, 5.74) is 0.449. The number of nitrogens with one attached hydrogen (secondary N) is 1. The Hall–Kier alpha value is -1.97. The molecule has 0 radical (unpaired) electrons. The second-order valence-electron chi connectivity index (χ2n) is 3.84. The van der Waals surface area contributed by atoms with Crippen molar-refractivity contribution < 1.29 is 23.6 Å². The number of carbonyl (C=O) groups excluding carboxylic acids is 2. The van der Waals surface area contributed by atoms with Gasteiger partial charge in [-0.15, -0.1) is 11.3 Å². The summed E-state index contributed by atoms with van der Waals surface area (Å²) < 4.78 is 14.7. The van der Waals surface area contributed by atoms with E-state index in [4.69, 9.17) is 25.6 Å². The molecule has 2 heterocycles. The van der Waals surface area contributed by atoms with Gasteiger partial charge in [-0.05, 0) is 6.92 Å². The Balaban J connectivity index is 1.87. The first-order valence-electron chi connectivity index (χ1n) is 6.24. The molecule has 0 aromatic carbocycles. The van der Waals surface area contributed by atoms with Gasteiger partial charge in [0.05, 0.1) is 6.61 Å². The van der Waals surface area contributed by atoms with E-state index in [0.717, 1.165) is 11.3 Å². The molecule has 0 unspecified atom stereocenters. The quantitative estimate of drug-likeness (QED) is 0.485. The first-order valence-corrected chi connectivity index (χ1v) is 7.50. The largest absolute Gasteiger partial charge is 0.456 e. The average Bonchev–Trinajstić information content (AvgIpc) is 3.12. The van der Waals surface area contributed by atoms with Crippen molar-refractivity contribution >= 4 is 39.9 Å². The smallest absolute Gasteiger partial charge is 0.397 e. The highest BCUT2D eigenvalue weighted by Gasteiger charge is 2.18. The summed E-state index contributed by atoms with van der Waals surface area (Å²) in [5, 5.41) is 7.92. The molecular formula is C12H12ClN3O5S. The van der Waals surface area contributed by atoms with Crippen molar-refractivity contribution in [2.45, 2.75) is 6.92 Å². The van der Waals surface area contributed by atoms with E-state index in [1.54, 1.807) is 5.38 Å². The molecule has 0 spiro atoms. The summed E-state index contributed by atoms with van der Waals surface area (Å²) in [6, 6.07) is 1.49. The molecule has 8 nitrogen and oxygen atoms in total. The van der Waals surface area contributed by atoms with Crippen LogP contribution in [0.15, 0.2) is 16.0 Å². The maximum absolute atomic E-state index is 11.6. The Labute approximate surface area is 134 Å². The predicted octanol–water partition coefficient (Wildman–Crippen LogP) is 1.97. The van der Waals surface area contributed by atoms with Crippen LogP contribution in [0.3, 0.4) is 0 Å². The van der Waals surface area contributed by atoms with Crippen molar-refractivity contribution in [2.24, 2.45) is 0 Å². The number of aromatic nitrogens is 2. The number of rotatable bonds is 6. The fraction of sp³-hybridized carbons (Fsp3) is 0.333. The second kappa shape index (κ2) is 7.87. The van der Waals surface area contributed by atoms with Gasteiger partial charge in [0.25, 0.3) is 0 Å². The Morgan fingerprint density at radius 1 is 1.45 bits per heavy atom. The number of hydrogen-bond donors (Lipinski definition) is 1. The van der Waals surface area contributed by atoms with Gasteiger partial charge in [-0.25, -0.2) is 9.78 Å². The fourth-order valence-electron chi connectivity index (χ4n) is 1.37. The minimum absolute atomic E-state index is 0.0137. The van der Waals surface area contributed by atoms with Crippen LogP contribution in [0.25, 0.3) is 11.5 Å². The summed E-state index contributed by atoms with van der Waals surface area (Å²) in [6.07, 6.45) is 0. The Morgan fingerprint density at radius 3 is 2.95 bits per heavy atom. The molecule has 0 aliphatic heterocycles. The Morgan fingerprint density at radius 2 is 2.27 bits per heavy atom. The van der Waals surface area contributed by atoms with Crippen molar-refractivity contribution in [2.75, 3.05) is 25.1 Å². The third kappa shape index (κ3) is 4.52. The summed E-state index contributed by atoms with van der Waals surface area (Å²) in [5.74, 6) is -1.55. The van der Waals surface area contributed by atoms with E-state index < -0.39 is 11.9 Å². The minimum atomic E-state index is -1.00. The monoisotopic (exact) mass is 345 g/mol. The molecule has 1 amide bonds. The lowest BCUT2D eigenvalue weighted by atomic mass is 10.4. The van der Waals surface area contributed by atoms with E-state index in [2.05, 4.69) is 15.5 Å². The highest BCUT2D eigenvalue weighted by Crippen LogP contribution is 2.26. The first-order chi connectivity index (χ1) is 10.6. The summed E-state index contributed by atoms with van der Waals surface area (Å²) in [7, 11) is 0. The van der Waals surface area contributed by atoms with Crippen molar-refractivity contribution in [3.8, 4) is 11.5 Å². The molecule has 2 rings (SSSR count). The van der Waals surface area contributed by atoms with E-state index in [0.29, 0.717) is 18.1 Å². The SMILES string of the molecule is CCOCCOC(=O)C(=O)Nc1nc(-c2cc(Cl)no2)cs1. The van der Waals surface area contributed by atoms with Gasteiger partial charge >= 0.3 is 11.9 Å². The molecule has 2 aromatic heterocycles. The van der Waals surface area contributed by atoms with Gasteiger partial charge < -0.3 is 14.0 Å². The zero-order chi connectivity index (χ0) is 15.9.